The van der Waals surface area contributed by atoms with E-state index >= 15 is 0 Å². The summed E-state index contributed by atoms with van der Waals surface area (Å²) in [5.74, 6) is 1.32. The minimum Gasteiger partial charge on any atom is -0.361 e. The molecule has 4 aromatic rings. The van der Waals surface area contributed by atoms with Gasteiger partial charge in [0.15, 0.2) is 5.82 Å². The summed E-state index contributed by atoms with van der Waals surface area (Å²) in [4.78, 5) is 19.5. The molecular formula is C24H25N5. The predicted octanol–water partition coefficient (Wildman–Crippen LogP) is 4.70. The summed E-state index contributed by atoms with van der Waals surface area (Å²) >= 11 is 0. The van der Waals surface area contributed by atoms with Gasteiger partial charge in [0.2, 0.25) is 0 Å². The van der Waals surface area contributed by atoms with Crippen molar-refractivity contribution in [1.82, 2.24) is 24.8 Å². The summed E-state index contributed by atoms with van der Waals surface area (Å²) in [5.41, 5.74) is 7.36. The zero-order chi connectivity index (χ0) is 19.8. The number of aromatic amines is 1. The lowest BCUT2D eigenvalue weighted by Crippen LogP contribution is -2.31. The molecule has 0 amide bonds. The third-order valence-electron chi connectivity index (χ3n) is 5.82. The number of fused-ring (bicyclic) bond motifs is 2. The van der Waals surface area contributed by atoms with E-state index in [1.807, 2.05) is 18.3 Å². The van der Waals surface area contributed by atoms with Crippen LogP contribution in [0.4, 0.5) is 0 Å². The first kappa shape index (κ1) is 18.0. The maximum absolute atomic E-state index is 4.87. The monoisotopic (exact) mass is 383 g/mol. The van der Waals surface area contributed by atoms with Gasteiger partial charge in [-0.3, -0.25) is 9.88 Å². The van der Waals surface area contributed by atoms with Crippen LogP contribution < -0.4 is 0 Å². The van der Waals surface area contributed by atoms with Crippen molar-refractivity contribution in [3.63, 3.8) is 0 Å². The van der Waals surface area contributed by atoms with Gasteiger partial charge in [-0.2, -0.15) is 0 Å². The smallest absolute Gasteiger partial charge is 0.159 e. The topological polar surface area (TPSA) is 57.7 Å². The number of aromatic nitrogens is 4. The van der Waals surface area contributed by atoms with Crippen LogP contribution in [0.3, 0.4) is 0 Å². The Morgan fingerprint density at radius 2 is 2.00 bits per heavy atom. The van der Waals surface area contributed by atoms with Crippen LogP contribution in [0.5, 0.6) is 0 Å². The lowest BCUT2D eigenvalue weighted by atomic mass is 10.0. The minimum absolute atomic E-state index is 0.541. The van der Waals surface area contributed by atoms with Gasteiger partial charge in [0.25, 0.3) is 0 Å². The van der Waals surface area contributed by atoms with Crippen molar-refractivity contribution in [3.05, 3.63) is 77.5 Å². The van der Waals surface area contributed by atoms with Crippen LogP contribution in [0.25, 0.3) is 22.3 Å². The molecule has 5 nitrogen and oxygen atoms in total. The summed E-state index contributed by atoms with van der Waals surface area (Å²) in [5, 5.41) is 1.32. The van der Waals surface area contributed by atoms with Gasteiger partial charge in [0, 0.05) is 60.9 Å². The molecule has 5 rings (SSSR count). The molecule has 1 aromatic carbocycles. The highest BCUT2D eigenvalue weighted by Gasteiger charge is 2.20. The molecule has 0 bridgehead atoms. The number of hydrogen-bond donors (Lipinski definition) is 1. The van der Waals surface area contributed by atoms with E-state index in [0.717, 1.165) is 43.1 Å². The quantitative estimate of drug-likeness (QED) is 0.555. The molecule has 1 aliphatic rings. The molecule has 3 aromatic heterocycles. The number of benzene rings is 1. The molecule has 0 fully saturated rings. The number of H-pyrrole nitrogens is 1. The Hall–Kier alpha value is -3.05. The van der Waals surface area contributed by atoms with Crippen LogP contribution in [-0.4, -0.2) is 31.4 Å². The first-order valence-electron chi connectivity index (χ1n) is 10.2. The van der Waals surface area contributed by atoms with Gasteiger partial charge in [0.1, 0.15) is 0 Å². The molecular weight excluding hydrogens is 358 g/mol. The molecule has 0 aliphatic carbocycles. The Morgan fingerprint density at radius 1 is 1.14 bits per heavy atom. The second kappa shape index (κ2) is 7.41. The van der Waals surface area contributed by atoms with Crippen molar-refractivity contribution in [3.8, 4) is 11.4 Å². The Balaban J connectivity index is 1.38. The first-order valence-corrected chi connectivity index (χ1v) is 10.2. The zero-order valence-electron chi connectivity index (χ0n) is 16.9. The van der Waals surface area contributed by atoms with E-state index in [1.54, 1.807) is 12.4 Å². The van der Waals surface area contributed by atoms with Gasteiger partial charge in [-0.1, -0.05) is 26.0 Å². The van der Waals surface area contributed by atoms with Crippen molar-refractivity contribution >= 4 is 10.9 Å². The molecule has 5 heteroatoms. The van der Waals surface area contributed by atoms with Crippen LogP contribution in [0, 0.1) is 0 Å². The second-order valence-corrected chi connectivity index (χ2v) is 8.14. The molecule has 29 heavy (non-hydrogen) atoms. The van der Waals surface area contributed by atoms with Gasteiger partial charge in [-0.15, -0.1) is 0 Å². The summed E-state index contributed by atoms with van der Waals surface area (Å²) in [7, 11) is 0. The summed E-state index contributed by atoms with van der Waals surface area (Å²) < 4.78 is 0. The van der Waals surface area contributed by atoms with Gasteiger partial charge < -0.3 is 4.98 Å². The fourth-order valence-corrected chi connectivity index (χ4v) is 4.07. The highest BCUT2D eigenvalue weighted by molar-refractivity contribution is 5.83. The van der Waals surface area contributed by atoms with Gasteiger partial charge >= 0.3 is 0 Å². The average Bonchev–Trinajstić information content (AvgIpc) is 3.16. The van der Waals surface area contributed by atoms with Crippen molar-refractivity contribution < 1.29 is 0 Å². The van der Waals surface area contributed by atoms with Crippen molar-refractivity contribution in [1.29, 1.82) is 0 Å². The third kappa shape index (κ3) is 3.54. The van der Waals surface area contributed by atoms with Crippen LogP contribution in [0.15, 0.2) is 55.1 Å². The van der Waals surface area contributed by atoms with Crippen molar-refractivity contribution in [2.75, 3.05) is 6.54 Å². The van der Waals surface area contributed by atoms with Gasteiger partial charge in [-0.25, -0.2) is 9.97 Å². The molecule has 4 heterocycles. The Kier molecular flexibility index (Phi) is 4.60. The second-order valence-electron chi connectivity index (χ2n) is 8.14. The van der Waals surface area contributed by atoms with E-state index < -0.39 is 0 Å². The number of nitrogens with one attached hydrogen (secondary N) is 1. The SMILES string of the molecule is CC(C)c1ccc2c(CN3CCc4cnc(-c5ccncc5)nc4C3)c[nH]c2c1. The van der Waals surface area contributed by atoms with Crippen LogP contribution in [-0.2, 0) is 19.5 Å². The van der Waals surface area contributed by atoms with E-state index in [4.69, 9.17) is 4.98 Å². The minimum atomic E-state index is 0.541. The van der Waals surface area contributed by atoms with E-state index in [2.05, 4.69) is 58.1 Å². The van der Waals surface area contributed by atoms with Crippen LogP contribution in [0.1, 0.15) is 42.1 Å². The highest BCUT2D eigenvalue weighted by Crippen LogP contribution is 2.26. The molecule has 0 atom stereocenters. The zero-order valence-corrected chi connectivity index (χ0v) is 16.9. The van der Waals surface area contributed by atoms with E-state index in [-0.39, 0.29) is 0 Å². The van der Waals surface area contributed by atoms with Crippen LogP contribution in [0.2, 0.25) is 0 Å². The summed E-state index contributed by atoms with van der Waals surface area (Å²) in [6, 6.07) is 10.7. The number of rotatable bonds is 4. The number of pyridine rings is 1. The molecule has 0 saturated carbocycles. The maximum atomic E-state index is 4.87. The highest BCUT2D eigenvalue weighted by atomic mass is 15.1. The first-order chi connectivity index (χ1) is 14.2. The standard InChI is InChI=1S/C24H25N5/c1-16(2)18-3-4-21-20(13-26-22(21)11-18)14-29-10-7-19-12-27-24(28-23(19)15-29)17-5-8-25-9-6-17/h3-6,8-9,11-13,16,26H,7,10,14-15H2,1-2H3. The lowest BCUT2D eigenvalue weighted by Gasteiger charge is -2.27. The molecule has 0 spiro atoms. The van der Waals surface area contributed by atoms with E-state index in [1.165, 1.54) is 27.6 Å². The third-order valence-corrected chi connectivity index (χ3v) is 5.82. The summed E-state index contributed by atoms with van der Waals surface area (Å²) in [6.07, 6.45) is 8.71. The van der Waals surface area contributed by atoms with Crippen molar-refractivity contribution in [2.45, 2.75) is 39.3 Å². The molecule has 0 unspecified atom stereocenters. The fraction of sp³-hybridized carbons (Fsp3) is 0.292. The number of hydrogen-bond acceptors (Lipinski definition) is 4. The average molecular weight is 383 g/mol. The Labute approximate surface area is 170 Å². The molecule has 0 radical (unpaired) electrons. The summed E-state index contributed by atoms with van der Waals surface area (Å²) in [6.45, 7) is 7.28. The normalized spacial score (nSPS) is 14.4. The van der Waals surface area contributed by atoms with Gasteiger partial charge in [0.05, 0.1) is 5.69 Å². The largest absolute Gasteiger partial charge is 0.361 e. The predicted molar refractivity (Wildman–Crippen MR) is 115 cm³/mol. The van der Waals surface area contributed by atoms with E-state index in [0.29, 0.717) is 5.92 Å². The molecule has 1 aliphatic heterocycles. The Morgan fingerprint density at radius 3 is 2.83 bits per heavy atom. The molecule has 0 saturated heterocycles. The molecule has 1 N–H and O–H groups in total. The lowest BCUT2D eigenvalue weighted by molar-refractivity contribution is 0.242. The Bertz CT molecular complexity index is 1150. The number of nitrogens with zero attached hydrogens (tertiary/aromatic N) is 4. The fourth-order valence-electron chi connectivity index (χ4n) is 4.07. The van der Waals surface area contributed by atoms with Crippen molar-refractivity contribution in [2.24, 2.45) is 0 Å². The van der Waals surface area contributed by atoms with E-state index in [9.17, 15) is 0 Å². The van der Waals surface area contributed by atoms with Gasteiger partial charge in [-0.05, 0) is 47.2 Å². The van der Waals surface area contributed by atoms with Crippen LogP contribution >= 0.6 is 0 Å². The molecule has 146 valence electrons. The maximum Gasteiger partial charge on any atom is 0.159 e.